The van der Waals surface area contributed by atoms with Gasteiger partial charge in [-0.15, -0.1) is 0 Å². The minimum Gasteiger partial charge on any atom is -0.314 e. The number of rotatable bonds is 2. The Morgan fingerprint density at radius 1 is 1.62 bits per heavy atom. The van der Waals surface area contributed by atoms with Crippen LogP contribution in [0, 0.1) is 5.82 Å². The van der Waals surface area contributed by atoms with Crippen LogP contribution in [0.5, 0.6) is 0 Å². The van der Waals surface area contributed by atoms with Crippen molar-refractivity contribution in [1.82, 2.24) is 10.3 Å². The molecular weight excluding hydrogens is 167 g/mol. The highest BCUT2D eigenvalue weighted by molar-refractivity contribution is 5.08. The molecule has 2 rings (SSSR count). The fourth-order valence-corrected chi connectivity index (χ4v) is 1.73. The van der Waals surface area contributed by atoms with Gasteiger partial charge in [-0.1, -0.05) is 0 Å². The van der Waals surface area contributed by atoms with E-state index in [1.165, 1.54) is 12.5 Å². The Kier molecular flexibility index (Phi) is 2.54. The number of hydrogen-bond donors (Lipinski definition) is 1. The third-order valence-corrected chi connectivity index (χ3v) is 2.44. The molecule has 0 saturated carbocycles. The highest BCUT2D eigenvalue weighted by Gasteiger charge is 2.16. The normalized spacial score (nSPS) is 22.1. The Morgan fingerprint density at radius 2 is 2.54 bits per heavy atom. The van der Waals surface area contributed by atoms with Crippen LogP contribution in [0.25, 0.3) is 0 Å². The standard InChI is InChI=1S/C10H13FN2/c11-9-4-2-6-13-10(9)7-8-3-1-5-12-8/h2,4,6,8,12H,1,3,5,7H2. The van der Waals surface area contributed by atoms with Crippen LogP contribution < -0.4 is 5.32 Å². The second-order valence-corrected chi connectivity index (χ2v) is 3.43. The third kappa shape index (κ3) is 2.04. The third-order valence-electron chi connectivity index (χ3n) is 2.44. The monoisotopic (exact) mass is 180 g/mol. The van der Waals surface area contributed by atoms with Crippen LogP contribution in [0.1, 0.15) is 18.5 Å². The first-order chi connectivity index (χ1) is 6.36. The van der Waals surface area contributed by atoms with Gasteiger partial charge in [-0.05, 0) is 31.5 Å². The van der Waals surface area contributed by atoms with E-state index in [1.54, 1.807) is 12.3 Å². The molecule has 0 aromatic carbocycles. The van der Waals surface area contributed by atoms with Gasteiger partial charge in [-0.3, -0.25) is 4.98 Å². The first kappa shape index (κ1) is 8.63. The molecule has 0 aliphatic carbocycles. The molecule has 0 spiro atoms. The Morgan fingerprint density at radius 3 is 3.23 bits per heavy atom. The summed E-state index contributed by atoms with van der Waals surface area (Å²) in [5.74, 6) is -0.184. The highest BCUT2D eigenvalue weighted by Crippen LogP contribution is 2.12. The topological polar surface area (TPSA) is 24.9 Å². The Bertz CT molecular complexity index is 282. The van der Waals surface area contributed by atoms with E-state index in [-0.39, 0.29) is 5.82 Å². The molecule has 0 radical (unpaired) electrons. The number of nitrogens with zero attached hydrogens (tertiary/aromatic N) is 1. The molecule has 1 fully saturated rings. The van der Waals surface area contributed by atoms with Gasteiger partial charge in [0.1, 0.15) is 5.82 Å². The van der Waals surface area contributed by atoms with E-state index in [9.17, 15) is 4.39 Å². The van der Waals surface area contributed by atoms with Crippen LogP contribution in [0.3, 0.4) is 0 Å². The first-order valence-electron chi connectivity index (χ1n) is 4.69. The summed E-state index contributed by atoms with van der Waals surface area (Å²) in [6.07, 6.45) is 4.69. The van der Waals surface area contributed by atoms with Gasteiger partial charge in [0.05, 0.1) is 5.69 Å². The predicted octanol–water partition coefficient (Wildman–Crippen LogP) is 1.52. The molecule has 1 atom stereocenters. The molecular formula is C10H13FN2. The molecule has 1 aliphatic rings. The summed E-state index contributed by atoms with van der Waals surface area (Å²) in [6, 6.07) is 3.52. The van der Waals surface area contributed by atoms with Crippen molar-refractivity contribution >= 4 is 0 Å². The van der Waals surface area contributed by atoms with Gasteiger partial charge in [0, 0.05) is 18.7 Å². The summed E-state index contributed by atoms with van der Waals surface area (Å²) in [6.45, 7) is 1.05. The molecule has 13 heavy (non-hydrogen) atoms. The van der Waals surface area contributed by atoms with Crippen molar-refractivity contribution in [2.45, 2.75) is 25.3 Å². The average Bonchev–Trinajstić information content (AvgIpc) is 2.61. The molecule has 1 aliphatic heterocycles. The van der Waals surface area contributed by atoms with E-state index >= 15 is 0 Å². The molecule has 1 aromatic heterocycles. The largest absolute Gasteiger partial charge is 0.314 e. The number of halogens is 1. The zero-order valence-electron chi connectivity index (χ0n) is 7.46. The number of aromatic nitrogens is 1. The molecule has 0 amide bonds. The van der Waals surface area contributed by atoms with Crippen LogP contribution in [-0.2, 0) is 6.42 Å². The van der Waals surface area contributed by atoms with E-state index < -0.39 is 0 Å². The number of pyridine rings is 1. The SMILES string of the molecule is Fc1cccnc1CC1CCCN1. The van der Waals surface area contributed by atoms with Crippen molar-refractivity contribution in [3.05, 3.63) is 29.8 Å². The fraction of sp³-hybridized carbons (Fsp3) is 0.500. The minimum atomic E-state index is -0.184. The van der Waals surface area contributed by atoms with E-state index in [0.717, 1.165) is 13.0 Å². The molecule has 3 heteroatoms. The maximum Gasteiger partial charge on any atom is 0.144 e. The lowest BCUT2D eigenvalue weighted by Gasteiger charge is -2.09. The van der Waals surface area contributed by atoms with Gasteiger partial charge in [0.15, 0.2) is 0 Å². The molecule has 1 unspecified atom stereocenters. The summed E-state index contributed by atoms with van der Waals surface area (Å²) >= 11 is 0. The molecule has 1 N–H and O–H groups in total. The first-order valence-corrected chi connectivity index (χ1v) is 4.69. The van der Waals surface area contributed by atoms with E-state index in [1.807, 2.05) is 0 Å². The smallest absolute Gasteiger partial charge is 0.144 e. The minimum absolute atomic E-state index is 0.184. The molecule has 0 bridgehead atoms. The van der Waals surface area contributed by atoms with Gasteiger partial charge in [-0.25, -0.2) is 4.39 Å². The maximum atomic E-state index is 13.2. The molecule has 2 nitrogen and oxygen atoms in total. The zero-order chi connectivity index (χ0) is 9.10. The Balaban J connectivity index is 2.04. The van der Waals surface area contributed by atoms with Crippen molar-refractivity contribution in [1.29, 1.82) is 0 Å². The number of nitrogens with one attached hydrogen (secondary N) is 1. The van der Waals surface area contributed by atoms with Gasteiger partial charge >= 0.3 is 0 Å². The number of hydrogen-bond acceptors (Lipinski definition) is 2. The Labute approximate surface area is 77.2 Å². The molecule has 1 saturated heterocycles. The summed E-state index contributed by atoms with van der Waals surface area (Å²) in [5.41, 5.74) is 0.585. The second kappa shape index (κ2) is 3.83. The van der Waals surface area contributed by atoms with Crippen LogP contribution in [0.2, 0.25) is 0 Å². The Hall–Kier alpha value is -0.960. The van der Waals surface area contributed by atoms with E-state index in [2.05, 4.69) is 10.3 Å². The van der Waals surface area contributed by atoms with Crippen molar-refractivity contribution < 1.29 is 4.39 Å². The van der Waals surface area contributed by atoms with Crippen molar-refractivity contribution in [2.24, 2.45) is 0 Å². The van der Waals surface area contributed by atoms with Crippen LogP contribution >= 0.6 is 0 Å². The van der Waals surface area contributed by atoms with Crippen LogP contribution in [-0.4, -0.2) is 17.6 Å². The summed E-state index contributed by atoms with van der Waals surface area (Å²) in [4.78, 5) is 4.03. The predicted molar refractivity (Wildman–Crippen MR) is 48.9 cm³/mol. The van der Waals surface area contributed by atoms with Gasteiger partial charge in [0.25, 0.3) is 0 Å². The summed E-state index contributed by atoms with van der Waals surface area (Å²) < 4.78 is 13.2. The van der Waals surface area contributed by atoms with Crippen molar-refractivity contribution in [2.75, 3.05) is 6.54 Å². The molecule has 70 valence electrons. The molecule has 1 aromatic rings. The molecule has 2 heterocycles. The lowest BCUT2D eigenvalue weighted by molar-refractivity contribution is 0.548. The average molecular weight is 180 g/mol. The van der Waals surface area contributed by atoms with Crippen molar-refractivity contribution in [3.8, 4) is 0 Å². The lowest BCUT2D eigenvalue weighted by Crippen LogP contribution is -2.24. The van der Waals surface area contributed by atoms with E-state index in [4.69, 9.17) is 0 Å². The van der Waals surface area contributed by atoms with Crippen molar-refractivity contribution in [3.63, 3.8) is 0 Å². The van der Waals surface area contributed by atoms with E-state index in [0.29, 0.717) is 18.2 Å². The van der Waals surface area contributed by atoms with Gasteiger partial charge in [-0.2, -0.15) is 0 Å². The second-order valence-electron chi connectivity index (χ2n) is 3.43. The maximum absolute atomic E-state index is 13.2. The van der Waals surface area contributed by atoms with Gasteiger partial charge < -0.3 is 5.32 Å². The van der Waals surface area contributed by atoms with Gasteiger partial charge in [0.2, 0.25) is 0 Å². The highest BCUT2D eigenvalue weighted by atomic mass is 19.1. The fourth-order valence-electron chi connectivity index (χ4n) is 1.73. The summed E-state index contributed by atoms with van der Waals surface area (Å²) in [7, 11) is 0. The van der Waals surface area contributed by atoms with Crippen LogP contribution in [0.4, 0.5) is 4.39 Å². The zero-order valence-corrected chi connectivity index (χ0v) is 7.46. The summed E-state index contributed by atoms with van der Waals surface area (Å²) in [5, 5.41) is 3.33. The quantitative estimate of drug-likeness (QED) is 0.746. The lowest BCUT2D eigenvalue weighted by atomic mass is 10.1. The van der Waals surface area contributed by atoms with Crippen LogP contribution in [0.15, 0.2) is 18.3 Å².